The third kappa shape index (κ3) is 2.14. The largest absolute Gasteiger partial charge is 0.252 e. The van der Waals surface area contributed by atoms with Gasteiger partial charge < -0.3 is 0 Å². The highest BCUT2D eigenvalue weighted by atomic mass is 32.2. The molecule has 86 valence electrons. The minimum atomic E-state index is -3.41. The number of pyridine rings is 1. The van der Waals surface area contributed by atoms with E-state index >= 15 is 0 Å². The Morgan fingerprint density at radius 1 is 1.41 bits per heavy atom. The molecule has 0 bridgehead atoms. The molecule has 2 aromatic heterocycles. The van der Waals surface area contributed by atoms with Crippen molar-refractivity contribution in [2.45, 2.75) is 4.90 Å². The molecule has 2 rings (SSSR count). The first-order chi connectivity index (χ1) is 8.02. The lowest BCUT2D eigenvalue weighted by molar-refractivity contribution is 0.600. The van der Waals surface area contributed by atoms with Gasteiger partial charge in [-0.2, -0.15) is 5.26 Å². The van der Waals surface area contributed by atoms with Gasteiger partial charge in [-0.3, -0.25) is 0 Å². The van der Waals surface area contributed by atoms with Gasteiger partial charge in [0.25, 0.3) is 5.82 Å². The Morgan fingerprint density at radius 2 is 2.18 bits per heavy atom. The molecule has 0 aliphatic rings. The zero-order chi connectivity index (χ0) is 12.5. The SMILES string of the molecule is CS(=O)(=O)c1cccnc1-n1cnc(C#N)n1. The highest BCUT2D eigenvalue weighted by molar-refractivity contribution is 7.90. The first kappa shape index (κ1) is 11.2. The fourth-order valence-electron chi connectivity index (χ4n) is 1.26. The molecule has 2 aromatic rings. The summed E-state index contributed by atoms with van der Waals surface area (Å²) in [6, 6.07) is 4.69. The van der Waals surface area contributed by atoms with Crippen molar-refractivity contribution in [3.63, 3.8) is 0 Å². The van der Waals surface area contributed by atoms with Crippen LogP contribution in [0.5, 0.6) is 0 Å². The average molecular weight is 249 g/mol. The van der Waals surface area contributed by atoms with Crippen LogP contribution in [-0.4, -0.2) is 34.4 Å². The fourth-order valence-corrected chi connectivity index (χ4v) is 2.06. The second kappa shape index (κ2) is 3.95. The monoisotopic (exact) mass is 249 g/mol. The summed E-state index contributed by atoms with van der Waals surface area (Å²) in [7, 11) is -3.41. The summed E-state index contributed by atoms with van der Waals surface area (Å²) in [5.41, 5.74) is 0. The minimum Gasteiger partial charge on any atom is -0.236 e. The predicted octanol–water partition coefficient (Wildman–Crippen LogP) is -0.0625. The van der Waals surface area contributed by atoms with Gasteiger partial charge >= 0.3 is 0 Å². The summed E-state index contributed by atoms with van der Waals surface area (Å²) in [5, 5.41) is 12.4. The maximum atomic E-state index is 11.5. The Hall–Kier alpha value is -2.27. The number of nitriles is 1. The normalized spacial score (nSPS) is 11.1. The molecule has 0 aliphatic heterocycles. The van der Waals surface area contributed by atoms with E-state index in [0.717, 1.165) is 10.9 Å². The van der Waals surface area contributed by atoms with Crippen LogP contribution in [-0.2, 0) is 9.84 Å². The zero-order valence-corrected chi connectivity index (χ0v) is 9.59. The summed E-state index contributed by atoms with van der Waals surface area (Å²) in [6.07, 6.45) is 3.77. The highest BCUT2D eigenvalue weighted by Crippen LogP contribution is 2.15. The molecule has 0 saturated carbocycles. The molecule has 0 fully saturated rings. The van der Waals surface area contributed by atoms with Crippen LogP contribution < -0.4 is 0 Å². The van der Waals surface area contributed by atoms with E-state index in [-0.39, 0.29) is 16.5 Å². The summed E-state index contributed by atoms with van der Waals surface area (Å²) in [6.45, 7) is 0. The minimum absolute atomic E-state index is 0.0365. The summed E-state index contributed by atoms with van der Waals surface area (Å²) in [5.74, 6) is 0.0825. The molecule has 0 radical (unpaired) electrons. The molecule has 0 saturated heterocycles. The average Bonchev–Trinajstić information content (AvgIpc) is 2.76. The number of aromatic nitrogens is 4. The van der Waals surface area contributed by atoms with Crippen LogP contribution in [0, 0.1) is 11.3 Å². The van der Waals surface area contributed by atoms with Crippen molar-refractivity contribution < 1.29 is 8.42 Å². The first-order valence-electron chi connectivity index (χ1n) is 4.49. The fraction of sp³-hybridized carbons (Fsp3) is 0.111. The molecule has 0 atom stereocenters. The maximum Gasteiger partial charge on any atom is 0.252 e. The number of hydrogen-bond acceptors (Lipinski definition) is 6. The Bertz CT molecular complexity index is 698. The smallest absolute Gasteiger partial charge is 0.236 e. The molecular weight excluding hydrogens is 242 g/mol. The summed E-state index contributed by atoms with van der Waals surface area (Å²) < 4.78 is 24.2. The third-order valence-electron chi connectivity index (χ3n) is 1.96. The van der Waals surface area contributed by atoms with Crippen molar-refractivity contribution in [1.82, 2.24) is 19.7 Å². The second-order valence-electron chi connectivity index (χ2n) is 3.22. The van der Waals surface area contributed by atoms with Crippen LogP contribution in [0.4, 0.5) is 0 Å². The van der Waals surface area contributed by atoms with E-state index in [1.54, 1.807) is 6.07 Å². The Morgan fingerprint density at radius 3 is 2.76 bits per heavy atom. The van der Waals surface area contributed by atoms with E-state index < -0.39 is 9.84 Å². The van der Waals surface area contributed by atoms with E-state index in [1.165, 1.54) is 24.7 Å². The van der Waals surface area contributed by atoms with Crippen molar-refractivity contribution in [2.24, 2.45) is 0 Å². The van der Waals surface area contributed by atoms with E-state index in [9.17, 15) is 8.42 Å². The molecule has 2 heterocycles. The lowest BCUT2D eigenvalue weighted by Crippen LogP contribution is -2.07. The maximum absolute atomic E-state index is 11.5. The molecule has 8 heteroatoms. The Labute approximate surface area is 97.3 Å². The molecule has 0 spiro atoms. The van der Waals surface area contributed by atoms with Crippen LogP contribution in [0.25, 0.3) is 5.82 Å². The van der Waals surface area contributed by atoms with Gasteiger partial charge in [-0.25, -0.2) is 23.1 Å². The lowest BCUT2D eigenvalue weighted by atomic mass is 10.5. The van der Waals surface area contributed by atoms with Crippen LogP contribution in [0.1, 0.15) is 5.82 Å². The van der Waals surface area contributed by atoms with E-state index in [4.69, 9.17) is 5.26 Å². The van der Waals surface area contributed by atoms with Crippen LogP contribution in [0.3, 0.4) is 0 Å². The number of sulfone groups is 1. The van der Waals surface area contributed by atoms with Gasteiger partial charge in [-0.1, -0.05) is 0 Å². The molecule has 0 aliphatic carbocycles. The van der Waals surface area contributed by atoms with Crippen molar-refractivity contribution in [1.29, 1.82) is 5.26 Å². The molecule has 0 amide bonds. The topological polar surface area (TPSA) is 102 Å². The van der Waals surface area contributed by atoms with Crippen molar-refractivity contribution in [2.75, 3.05) is 6.26 Å². The quantitative estimate of drug-likeness (QED) is 0.738. The lowest BCUT2D eigenvalue weighted by Gasteiger charge is -2.04. The molecule has 0 aromatic carbocycles. The van der Waals surface area contributed by atoms with Crippen molar-refractivity contribution in [3.05, 3.63) is 30.5 Å². The van der Waals surface area contributed by atoms with E-state index in [2.05, 4.69) is 15.1 Å². The summed E-state index contributed by atoms with van der Waals surface area (Å²) in [4.78, 5) is 7.66. The third-order valence-corrected chi connectivity index (χ3v) is 3.08. The van der Waals surface area contributed by atoms with Gasteiger partial charge in [0.15, 0.2) is 15.7 Å². The highest BCUT2D eigenvalue weighted by Gasteiger charge is 2.16. The number of hydrogen-bond donors (Lipinski definition) is 0. The van der Waals surface area contributed by atoms with Gasteiger partial charge in [-0.15, -0.1) is 5.10 Å². The molecule has 7 nitrogen and oxygen atoms in total. The standard InChI is InChI=1S/C9H7N5O2S/c1-17(15,16)7-3-2-4-11-9(7)14-6-12-8(5-10)13-14/h2-4,6H,1H3. The first-order valence-corrected chi connectivity index (χ1v) is 6.39. The van der Waals surface area contributed by atoms with Gasteiger partial charge in [0.05, 0.1) is 0 Å². The van der Waals surface area contributed by atoms with Crippen LogP contribution >= 0.6 is 0 Å². The molecule has 0 unspecified atom stereocenters. The Kier molecular flexibility index (Phi) is 2.61. The molecule has 17 heavy (non-hydrogen) atoms. The number of rotatable bonds is 2. The number of nitrogens with zero attached hydrogens (tertiary/aromatic N) is 5. The van der Waals surface area contributed by atoms with Gasteiger partial charge in [0, 0.05) is 12.5 Å². The molecule has 0 N–H and O–H groups in total. The second-order valence-corrected chi connectivity index (χ2v) is 5.21. The van der Waals surface area contributed by atoms with Crippen molar-refractivity contribution >= 4 is 9.84 Å². The molecular formula is C9H7N5O2S. The van der Waals surface area contributed by atoms with E-state index in [1.807, 2.05) is 0 Å². The summed E-state index contributed by atoms with van der Waals surface area (Å²) >= 11 is 0. The zero-order valence-electron chi connectivity index (χ0n) is 8.77. The van der Waals surface area contributed by atoms with Crippen molar-refractivity contribution in [3.8, 4) is 11.9 Å². The van der Waals surface area contributed by atoms with Gasteiger partial charge in [-0.05, 0) is 12.1 Å². The van der Waals surface area contributed by atoms with Crippen LogP contribution in [0.2, 0.25) is 0 Å². The Balaban J connectivity index is 2.65. The van der Waals surface area contributed by atoms with E-state index in [0.29, 0.717) is 0 Å². The predicted molar refractivity (Wildman–Crippen MR) is 57.0 cm³/mol. The van der Waals surface area contributed by atoms with Gasteiger partial charge in [0.1, 0.15) is 17.3 Å². The van der Waals surface area contributed by atoms with Crippen LogP contribution in [0.15, 0.2) is 29.6 Å². The van der Waals surface area contributed by atoms with Gasteiger partial charge in [0.2, 0.25) is 0 Å².